The summed E-state index contributed by atoms with van der Waals surface area (Å²) in [5.41, 5.74) is -1.05. The second-order valence-electron chi connectivity index (χ2n) is 4.35. The standard InChI is InChI=1S/C9H16O4/c10-5-2-1-3-9(13)4-6(11)8(12)7(5)9/h5-8,10-13H,1-4H2. The van der Waals surface area contributed by atoms with Gasteiger partial charge in [0.15, 0.2) is 0 Å². The van der Waals surface area contributed by atoms with Crippen molar-refractivity contribution >= 4 is 0 Å². The summed E-state index contributed by atoms with van der Waals surface area (Å²) in [6.07, 6.45) is -0.405. The van der Waals surface area contributed by atoms with Gasteiger partial charge < -0.3 is 20.4 Å². The van der Waals surface area contributed by atoms with E-state index in [1.807, 2.05) is 0 Å². The van der Waals surface area contributed by atoms with Gasteiger partial charge in [-0.2, -0.15) is 0 Å². The van der Waals surface area contributed by atoms with Crippen LogP contribution in [0.5, 0.6) is 0 Å². The molecule has 0 bridgehead atoms. The van der Waals surface area contributed by atoms with Crippen LogP contribution in [0, 0.1) is 5.92 Å². The van der Waals surface area contributed by atoms with E-state index >= 15 is 0 Å². The summed E-state index contributed by atoms with van der Waals surface area (Å²) in [5, 5.41) is 38.6. The van der Waals surface area contributed by atoms with Gasteiger partial charge in [0, 0.05) is 12.3 Å². The Balaban J connectivity index is 2.24. The maximum absolute atomic E-state index is 10.0. The molecule has 0 radical (unpaired) electrons. The first kappa shape index (κ1) is 9.40. The molecule has 13 heavy (non-hydrogen) atoms. The van der Waals surface area contributed by atoms with Gasteiger partial charge in [-0.05, 0) is 19.3 Å². The molecule has 2 aliphatic carbocycles. The van der Waals surface area contributed by atoms with Crippen molar-refractivity contribution in [3.8, 4) is 0 Å². The molecular formula is C9H16O4. The molecule has 76 valence electrons. The van der Waals surface area contributed by atoms with Gasteiger partial charge in [0.25, 0.3) is 0 Å². The lowest BCUT2D eigenvalue weighted by molar-refractivity contribution is -0.113. The lowest BCUT2D eigenvalue weighted by Crippen LogP contribution is -2.47. The van der Waals surface area contributed by atoms with Gasteiger partial charge in [-0.15, -0.1) is 0 Å². The zero-order valence-electron chi connectivity index (χ0n) is 7.43. The van der Waals surface area contributed by atoms with Crippen LogP contribution >= 0.6 is 0 Å². The summed E-state index contributed by atoms with van der Waals surface area (Å²) in [6, 6.07) is 0. The first-order chi connectivity index (χ1) is 6.04. The highest BCUT2D eigenvalue weighted by Gasteiger charge is 2.55. The summed E-state index contributed by atoms with van der Waals surface area (Å²) >= 11 is 0. The number of hydrogen-bond acceptors (Lipinski definition) is 4. The Labute approximate surface area is 76.8 Å². The van der Waals surface area contributed by atoms with Crippen molar-refractivity contribution in [1.82, 2.24) is 0 Å². The molecule has 0 aromatic rings. The molecule has 5 unspecified atom stereocenters. The molecule has 4 heteroatoms. The lowest BCUT2D eigenvalue weighted by atomic mass is 9.75. The molecule has 5 atom stereocenters. The topological polar surface area (TPSA) is 80.9 Å². The van der Waals surface area contributed by atoms with Gasteiger partial charge in [-0.1, -0.05) is 0 Å². The Morgan fingerprint density at radius 3 is 2.38 bits per heavy atom. The predicted octanol–water partition coefficient (Wildman–Crippen LogP) is -0.996. The highest BCUT2D eigenvalue weighted by molar-refractivity contribution is 5.06. The smallest absolute Gasteiger partial charge is 0.0880 e. The van der Waals surface area contributed by atoms with Gasteiger partial charge in [0.2, 0.25) is 0 Å². The number of aliphatic hydroxyl groups is 4. The molecule has 2 saturated carbocycles. The Kier molecular flexibility index (Phi) is 2.11. The third-order valence-electron chi connectivity index (χ3n) is 3.47. The third-order valence-corrected chi connectivity index (χ3v) is 3.47. The van der Waals surface area contributed by atoms with Crippen LogP contribution in [0.4, 0.5) is 0 Å². The van der Waals surface area contributed by atoms with Crippen LogP contribution in [0.15, 0.2) is 0 Å². The number of fused-ring (bicyclic) bond motifs is 1. The average Bonchev–Trinajstić information content (AvgIpc) is 2.24. The fourth-order valence-corrected chi connectivity index (χ4v) is 2.83. The zero-order valence-corrected chi connectivity index (χ0v) is 7.43. The van der Waals surface area contributed by atoms with E-state index < -0.39 is 29.8 Å². The maximum Gasteiger partial charge on any atom is 0.0880 e. The van der Waals surface area contributed by atoms with Crippen LogP contribution in [0.25, 0.3) is 0 Å². The third kappa shape index (κ3) is 1.29. The molecular weight excluding hydrogens is 172 g/mol. The fourth-order valence-electron chi connectivity index (χ4n) is 2.83. The first-order valence-corrected chi connectivity index (χ1v) is 4.81. The van der Waals surface area contributed by atoms with E-state index in [0.717, 1.165) is 6.42 Å². The molecule has 2 fully saturated rings. The molecule has 0 saturated heterocycles. The Bertz CT molecular complexity index is 208. The second kappa shape index (κ2) is 2.92. The minimum Gasteiger partial charge on any atom is -0.393 e. The van der Waals surface area contributed by atoms with Gasteiger partial charge in [0.05, 0.1) is 23.9 Å². The van der Waals surface area contributed by atoms with Crippen molar-refractivity contribution in [1.29, 1.82) is 0 Å². The van der Waals surface area contributed by atoms with Crippen molar-refractivity contribution in [2.75, 3.05) is 0 Å². The van der Waals surface area contributed by atoms with E-state index in [9.17, 15) is 20.4 Å². The summed E-state index contributed by atoms with van der Waals surface area (Å²) in [6.45, 7) is 0. The van der Waals surface area contributed by atoms with Crippen LogP contribution in [0.1, 0.15) is 25.7 Å². The van der Waals surface area contributed by atoms with E-state index in [1.54, 1.807) is 0 Å². The second-order valence-corrected chi connectivity index (χ2v) is 4.35. The highest BCUT2D eigenvalue weighted by atomic mass is 16.4. The van der Waals surface area contributed by atoms with Crippen LogP contribution < -0.4 is 0 Å². The lowest BCUT2D eigenvalue weighted by Gasteiger charge is -2.38. The summed E-state index contributed by atoms with van der Waals surface area (Å²) < 4.78 is 0. The number of aliphatic hydroxyl groups excluding tert-OH is 3. The Hall–Kier alpha value is -0.160. The first-order valence-electron chi connectivity index (χ1n) is 4.81. The SMILES string of the molecule is OC1CC2(O)CCCC(O)C2C1O. The van der Waals surface area contributed by atoms with Crippen LogP contribution in [-0.2, 0) is 0 Å². The molecule has 0 aromatic carbocycles. The Morgan fingerprint density at radius 1 is 1.08 bits per heavy atom. The molecule has 4 N–H and O–H groups in total. The van der Waals surface area contributed by atoms with Crippen molar-refractivity contribution < 1.29 is 20.4 Å². The van der Waals surface area contributed by atoms with Crippen molar-refractivity contribution in [3.63, 3.8) is 0 Å². The van der Waals surface area contributed by atoms with Crippen molar-refractivity contribution in [2.45, 2.75) is 49.6 Å². The van der Waals surface area contributed by atoms with Crippen molar-refractivity contribution in [3.05, 3.63) is 0 Å². The monoisotopic (exact) mass is 188 g/mol. The molecule has 0 aromatic heterocycles. The quantitative estimate of drug-likeness (QED) is 0.393. The minimum absolute atomic E-state index is 0.190. The van der Waals surface area contributed by atoms with Crippen LogP contribution in [0.2, 0.25) is 0 Å². The molecule has 0 spiro atoms. The Morgan fingerprint density at radius 2 is 1.77 bits per heavy atom. The maximum atomic E-state index is 10.0. The molecule has 0 aliphatic heterocycles. The summed E-state index contributed by atoms with van der Waals surface area (Å²) in [4.78, 5) is 0. The minimum atomic E-state index is -1.05. The molecule has 2 aliphatic rings. The average molecular weight is 188 g/mol. The highest BCUT2D eigenvalue weighted by Crippen LogP contribution is 2.45. The molecule has 0 heterocycles. The summed E-state index contributed by atoms with van der Waals surface area (Å²) in [5.74, 6) is -0.559. The summed E-state index contributed by atoms with van der Waals surface area (Å²) in [7, 11) is 0. The van der Waals surface area contributed by atoms with Gasteiger partial charge in [-0.3, -0.25) is 0 Å². The fraction of sp³-hybridized carbons (Fsp3) is 1.00. The normalized spacial score (nSPS) is 56.3. The molecule has 2 rings (SSSR count). The largest absolute Gasteiger partial charge is 0.393 e. The van der Waals surface area contributed by atoms with Crippen LogP contribution in [0.3, 0.4) is 0 Å². The van der Waals surface area contributed by atoms with E-state index in [1.165, 1.54) is 0 Å². The molecule has 0 amide bonds. The predicted molar refractivity (Wildman–Crippen MR) is 44.9 cm³/mol. The molecule has 4 nitrogen and oxygen atoms in total. The van der Waals surface area contributed by atoms with Gasteiger partial charge in [0.1, 0.15) is 0 Å². The van der Waals surface area contributed by atoms with E-state index in [4.69, 9.17) is 0 Å². The van der Waals surface area contributed by atoms with E-state index in [2.05, 4.69) is 0 Å². The van der Waals surface area contributed by atoms with Crippen molar-refractivity contribution in [2.24, 2.45) is 5.92 Å². The number of hydrogen-bond donors (Lipinski definition) is 4. The van der Waals surface area contributed by atoms with E-state index in [-0.39, 0.29) is 6.42 Å². The van der Waals surface area contributed by atoms with Gasteiger partial charge >= 0.3 is 0 Å². The van der Waals surface area contributed by atoms with Crippen LogP contribution in [-0.4, -0.2) is 44.3 Å². The number of rotatable bonds is 0. The van der Waals surface area contributed by atoms with E-state index in [0.29, 0.717) is 12.8 Å². The zero-order chi connectivity index (χ0) is 9.64. The van der Waals surface area contributed by atoms with Gasteiger partial charge in [-0.25, -0.2) is 0 Å².